The zero-order valence-electron chi connectivity index (χ0n) is 10.1. The molecular weight excluding hydrogens is 233 g/mol. The molecule has 0 spiro atoms. The number of halogens is 3. The minimum atomic E-state index is -4.42. The second-order valence-electron chi connectivity index (χ2n) is 4.55. The summed E-state index contributed by atoms with van der Waals surface area (Å²) in [6, 6.07) is 0.929. The van der Waals surface area contributed by atoms with Crippen molar-refractivity contribution in [1.82, 2.24) is 9.78 Å². The van der Waals surface area contributed by atoms with E-state index in [0.717, 1.165) is 6.07 Å². The van der Waals surface area contributed by atoms with E-state index < -0.39 is 11.9 Å². The van der Waals surface area contributed by atoms with Crippen LogP contribution in [0.5, 0.6) is 0 Å². The van der Waals surface area contributed by atoms with Gasteiger partial charge in [-0.25, -0.2) is 0 Å². The van der Waals surface area contributed by atoms with E-state index in [0.29, 0.717) is 12.1 Å². The van der Waals surface area contributed by atoms with Crippen molar-refractivity contribution in [3.8, 4) is 0 Å². The predicted octanol–water partition coefficient (Wildman–Crippen LogP) is 2.65. The van der Waals surface area contributed by atoms with E-state index >= 15 is 0 Å². The third kappa shape index (κ3) is 3.46. The Bertz CT molecular complexity index is 371. The van der Waals surface area contributed by atoms with Gasteiger partial charge in [0.1, 0.15) is 0 Å². The maximum atomic E-state index is 12.5. The molecule has 98 valence electrons. The average molecular weight is 250 g/mol. The van der Waals surface area contributed by atoms with E-state index in [1.54, 1.807) is 20.8 Å². The molecule has 0 bridgehead atoms. The molecule has 0 aliphatic heterocycles. The molecule has 1 aromatic rings. The number of rotatable bonds is 4. The molecular formula is C11H17F3N2O. The molecule has 0 saturated heterocycles. The van der Waals surface area contributed by atoms with Gasteiger partial charge in [0.25, 0.3) is 0 Å². The van der Waals surface area contributed by atoms with E-state index in [4.69, 9.17) is 5.11 Å². The second-order valence-corrected chi connectivity index (χ2v) is 4.55. The van der Waals surface area contributed by atoms with E-state index in [1.807, 2.05) is 0 Å². The highest BCUT2D eigenvalue weighted by molar-refractivity contribution is 5.14. The first-order chi connectivity index (χ1) is 7.75. The van der Waals surface area contributed by atoms with Crippen LogP contribution in [0.4, 0.5) is 13.2 Å². The van der Waals surface area contributed by atoms with Crippen LogP contribution in [0.1, 0.15) is 38.2 Å². The fourth-order valence-electron chi connectivity index (χ4n) is 1.59. The van der Waals surface area contributed by atoms with E-state index in [-0.39, 0.29) is 18.6 Å². The van der Waals surface area contributed by atoms with Crippen LogP contribution in [0.2, 0.25) is 0 Å². The summed E-state index contributed by atoms with van der Waals surface area (Å²) in [4.78, 5) is 0. The summed E-state index contributed by atoms with van der Waals surface area (Å²) in [5.74, 6) is -0.0784. The van der Waals surface area contributed by atoms with Crippen LogP contribution in [0.3, 0.4) is 0 Å². The number of aromatic nitrogens is 2. The number of aliphatic hydroxyl groups is 1. The molecule has 0 radical (unpaired) electrons. The molecule has 1 N–H and O–H groups in total. The van der Waals surface area contributed by atoms with Crippen molar-refractivity contribution >= 4 is 0 Å². The molecule has 3 nitrogen and oxygen atoms in total. The minimum Gasteiger partial charge on any atom is -0.396 e. The highest BCUT2D eigenvalue weighted by Gasteiger charge is 2.35. The molecule has 0 aliphatic rings. The molecule has 1 heterocycles. The van der Waals surface area contributed by atoms with Crippen LogP contribution >= 0.6 is 0 Å². The van der Waals surface area contributed by atoms with Crippen molar-refractivity contribution in [1.29, 1.82) is 0 Å². The number of hydrogen-bond acceptors (Lipinski definition) is 2. The van der Waals surface area contributed by atoms with Crippen molar-refractivity contribution < 1.29 is 18.3 Å². The lowest BCUT2D eigenvalue weighted by Gasteiger charge is -2.13. The molecule has 17 heavy (non-hydrogen) atoms. The first kappa shape index (κ1) is 14.0. The van der Waals surface area contributed by atoms with Gasteiger partial charge in [-0.2, -0.15) is 18.3 Å². The van der Waals surface area contributed by atoms with Gasteiger partial charge in [-0.15, -0.1) is 0 Å². The standard InChI is InChI=1S/C11H17F3N2O/c1-7(2)16-9(4-8(3)6-17)5-10(15-16)11(12,13)14/h5,7-8,17H,4,6H2,1-3H3. The maximum absolute atomic E-state index is 12.5. The molecule has 1 rings (SSSR count). The zero-order valence-corrected chi connectivity index (χ0v) is 10.1. The summed E-state index contributed by atoms with van der Waals surface area (Å²) in [5.41, 5.74) is -0.361. The van der Waals surface area contributed by atoms with Crippen molar-refractivity contribution in [2.24, 2.45) is 5.92 Å². The van der Waals surface area contributed by atoms with Gasteiger partial charge in [-0.3, -0.25) is 4.68 Å². The Labute approximate surface area is 98.2 Å². The Morgan fingerprint density at radius 3 is 2.35 bits per heavy atom. The lowest BCUT2D eigenvalue weighted by atomic mass is 10.1. The van der Waals surface area contributed by atoms with Crippen LogP contribution in [0.25, 0.3) is 0 Å². The minimum absolute atomic E-state index is 0.0510. The Morgan fingerprint density at radius 1 is 1.35 bits per heavy atom. The SMILES string of the molecule is CC(CO)Cc1cc(C(F)(F)F)nn1C(C)C. The van der Waals surface area contributed by atoms with E-state index in [9.17, 15) is 13.2 Å². The summed E-state index contributed by atoms with van der Waals surface area (Å²) in [6.07, 6.45) is -4.03. The Balaban J connectivity index is 3.06. The van der Waals surface area contributed by atoms with Gasteiger partial charge in [-0.1, -0.05) is 6.92 Å². The average Bonchev–Trinajstić information content (AvgIpc) is 2.61. The Kier molecular flexibility index (Phi) is 4.19. The summed E-state index contributed by atoms with van der Waals surface area (Å²) in [6.45, 7) is 5.29. The molecule has 0 aromatic carbocycles. The zero-order chi connectivity index (χ0) is 13.2. The van der Waals surface area contributed by atoms with Gasteiger partial charge in [0.05, 0.1) is 0 Å². The lowest BCUT2D eigenvalue weighted by Crippen LogP contribution is -2.13. The number of alkyl halides is 3. The molecule has 1 unspecified atom stereocenters. The fraction of sp³-hybridized carbons (Fsp3) is 0.727. The van der Waals surface area contributed by atoms with Crippen molar-refractivity contribution in [3.63, 3.8) is 0 Å². The van der Waals surface area contributed by atoms with Crippen molar-refractivity contribution in [2.45, 2.75) is 39.4 Å². The number of aliphatic hydroxyl groups excluding tert-OH is 1. The number of nitrogens with zero attached hydrogens (tertiary/aromatic N) is 2. The maximum Gasteiger partial charge on any atom is 0.435 e. The summed E-state index contributed by atoms with van der Waals surface area (Å²) < 4.78 is 39.0. The van der Waals surface area contributed by atoms with Gasteiger partial charge in [0, 0.05) is 18.3 Å². The quantitative estimate of drug-likeness (QED) is 0.892. The van der Waals surface area contributed by atoms with Crippen LogP contribution < -0.4 is 0 Å². The molecule has 0 saturated carbocycles. The lowest BCUT2D eigenvalue weighted by molar-refractivity contribution is -0.141. The first-order valence-electron chi connectivity index (χ1n) is 5.52. The van der Waals surface area contributed by atoms with Crippen LogP contribution in [0, 0.1) is 5.92 Å². The molecule has 0 aliphatic carbocycles. The van der Waals surface area contributed by atoms with Crippen LogP contribution in [0.15, 0.2) is 6.07 Å². The Morgan fingerprint density at radius 2 is 1.94 bits per heavy atom. The fourth-order valence-corrected chi connectivity index (χ4v) is 1.59. The summed E-state index contributed by atoms with van der Waals surface area (Å²) in [7, 11) is 0. The summed E-state index contributed by atoms with van der Waals surface area (Å²) in [5, 5.41) is 12.5. The van der Waals surface area contributed by atoms with Crippen molar-refractivity contribution in [2.75, 3.05) is 6.61 Å². The topological polar surface area (TPSA) is 38.1 Å². The predicted molar refractivity (Wildman–Crippen MR) is 57.6 cm³/mol. The molecule has 0 fully saturated rings. The third-order valence-corrected chi connectivity index (χ3v) is 2.46. The Hall–Kier alpha value is -1.04. The summed E-state index contributed by atoms with van der Waals surface area (Å²) >= 11 is 0. The van der Waals surface area contributed by atoms with Crippen LogP contribution in [-0.4, -0.2) is 21.5 Å². The normalized spacial score (nSPS) is 14.4. The third-order valence-electron chi connectivity index (χ3n) is 2.46. The largest absolute Gasteiger partial charge is 0.435 e. The van der Waals surface area contributed by atoms with Gasteiger partial charge in [0.15, 0.2) is 5.69 Å². The van der Waals surface area contributed by atoms with Crippen molar-refractivity contribution in [3.05, 3.63) is 17.5 Å². The highest BCUT2D eigenvalue weighted by Crippen LogP contribution is 2.30. The van der Waals surface area contributed by atoms with Gasteiger partial charge in [0.2, 0.25) is 0 Å². The molecule has 1 aromatic heterocycles. The van der Waals surface area contributed by atoms with E-state index in [1.165, 1.54) is 4.68 Å². The van der Waals surface area contributed by atoms with Crippen LogP contribution in [-0.2, 0) is 12.6 Å². The monoisotopic (exact) mass is 250 g/mol. The highest BCUT2D eigenvalue weighted by atomic mass is 19.4. The second kappa shape index (κ2) is 5.08. The smallest absolute Gasteiger partial charge is 0.396 e. The number of hydrogen-bond donors (Lipinski definition) is 1. The molecule has 0 amide bonds. The van der Waals surface area contributed by atoms with Gasteiger partial charge < -0.3 is 5.11 Å². The molecule has 6 heteroatoms. The molecule has 1 atom stereocenters. The first-order valence-corrected chi connectivity index (χ1v) is 5.52. The van der Waals surface area contributed by atoms with E-state index in [2.05, 4.69) is 5.10 Å². The van der Waals surface area contributed by atoms with Gasteiger partial charge in [-0.05, 0) is 32.3 Å². The van der Waals surface area contributed by atoms with Gasteiger partial charge >= 0.3 is 6.18 Å².